The molecule has 4 rings (SSSR count). The average Bonchev–Trinajstić information content (AvgIpc) is 3.15. The van der Waals surface area contributed by atoms with Gasteiger partial charge in [-0.15, -0.1) is 0 Å². The van der Waals surface area contributed by atoms with Gasteiger partial charge < -0.3 is 4.84 Å². The molecule has 1 saturated heterocycles. The van der Waals surface area contributed by atoms with Crippen molar-refractivity contribution < 1.29 is 19.3 Å². The molecule has 0 radical (unpaired) electrons. The Hall–Kier alpha value is -2.97. The number of amides is 2. The lowest BCUT2D eigenvalue weighted by Gasteiger charge is -2.16. The fraction of sp³-hybridized carbons (Fsp3) is 0.118. The summed E-state index contributed by atoms with van der Waals surface area (Å²) < 4.78 is 0. The van der Waals surface area contributed by atoms with E-state index in [1.807, 2.05) is 0 Å². The van der Waals surface area contributed by atoms with Crippen molar-refractivity contribution in [1.29, 1.82) is 0 Å². The van der Waals surface area contributed by atoms with Crippen LogP contribution in [-0.2, 0) is 14.4 Å². The van der Waals surface area contributed by atoms with Gasteiger partial charge in [0.25, 0.3) is 11.6 Å². The first-order valence-electron chi connectivity index (χ1n) is 7.69. The van der Waals surface area contributed by atoms with Gasteiger partial charge in [0.1, 0.15) is 11.6 Å². The van der Waals surface area contributed by atoms with E-state index in [2.05, 4.69) is 5.16 Å². The lowest BCUT2D eigenvalue weighted by molar-refractivity contribution is -0.384. The molecule has 2 aliphatic rings. The summed E-state index contributed by atoms with van der Waals surface area (Å²) in [6, 6.07) is 9.89. The second kappa shape index (κ2) is 6.33. The van der Waals surface area contributed by atoms with E-state index in [0.717, 1.165) is 4.90 Å². The fourth-order valence-electron chi connectivity index (χ4n) is 3.09. The van der Waals surface area contributed by atoms with Gasteiger partial charge >= 0.3 is 0 Å². The predicted molar refractivity (Wildman–Crippen MR) is 97.0 cm³/mol. The van der Waals surface area contributed by atoms with Gasteiger partial charge in [-0.1, -0.05) is 28.4 Å². The molecule has 2 heterocycles. The highest BCUT2D eigenvalue weighted by Gasteiger charge is 2.56. The van der Waals surface area contributed by atoms with Crippen molar-refractivity contribution in [2.24, 2.45) is 11.1 Å². The smallest absolute Gasteiger partial charge is 0.278 e. The highest BCUT2D eigenvalue weighted by Crippen LogP contribution is 2.37. The zero-order chi connectivity index (χ0) is 19.3. The first-order chi connectivity index (χ1) is 12.9. The Morgan fingerprint density at radius 2 is 1.67 bits per heavy atom. The first kappa shape index (κ1) is 17.4. The second-order valence-electron chi connectivity index (χ2n) is 5.92. The molecule has 27 heavy (non-hydrogen) atoms. The van der Waals surface area contributed by atoms with E-state index in [1.54, 1.807) is 0 Å². The van der Waals surface area contributed by atoms with E-state index in [1.165, 1.54) is 42.5 Å². The molecule has 2 amide bonds. The van der Waals surface area contributed by atoms with Crippen LogP contribution in [0.3, 0.4) is 0 Å². The zero-order valence-electron chi connectivity index (χ0n) is 13.3. The molecule has 0 unspecified atom stereocenters. The van der Waals surface area contributed by atoms with Crippen LogP contribution in [0.25, 0.3) is 0 Å². The number of fused-ring (bicyclic) bond motifs is 1. The van der Waals surface area contributed by atoms with Gasteiger partial charge in [-0.2, -0.15) is 0 Å². The number of imide groups is 1. The van der Waals surface area contributed by atoms with E-state index >= 15 is 0 Å². The van der Waals surface area contributed by atoms with Gasteiger partial charge in [0.15, 0.2) is 0 Å². The Balaban J connectivity index is 1.68. The number of nitro groups is 1. The summed E-state index contributed by atoms with van der Waals surface area (Å²) in [7, 11) is 0. The number of anilines is 1. The molecule has 0 N–H and O–H groups in total. The van der Waals surface area contributed by atoms with Crippen LogP contribution < -0.4 is 4.90 Å². The molecule has 2 aromatic rings. The summed E-state index contributed by atoms with van der Waals surface area (Å²) in [5.41, 5.74) is 0.839. The van der Waals surface area contributed by atoms with Crippen molar-refractivity contribution in [1.82, 2.24) is 0 Å². The zero-order valence-corrected chi connectivity index (χ0v) is 14.8. The summed E-state index contributed by atoms with van der Waals surface area (Å²) in [5.74, 6) is -2.06. The third kappa shape index (κ3) is 2.83. The van der Waals surface area contributed by atoms with Crippen LogP contribution in [0.4, 0.5) is 11.4 Å². The number of halogens is 2. The Morgan fingerprint density at radius 1 is 1.04 bits per heavy atom. The minimum atomic E-state index is -1.10. The molecule has 10 heteroatoms. The average molecular weight is 406 g/mol. The predicted octanol–water partition coefficient (Wildman–Crippen LogP) is 3.19. The van der Waals surface area contributed by atoms with E-state index in [4.69, 9.17) is 28.0 Å². The molecular weight excluding hydrogens is 397 g/mol. The number of non-ortho nitro benzene ring substituents is 1. The van der Waals surface area contributed by atoms with Gasteiger partial charge in [-0.05, 0) is 30.3 Å². The number of hydrogen-bond donors (Lipinski definition) is 0. The Bertz CT molecular complexity index is 1000. The summed E-state index contributed by atoms with van der Waals surface area (Å²) >= 11 is 11.9. The Labute approximate surface area is 162 Å². The molecule has 0 bridgehead atoms. The summed E-state index contributed by atoms with van der Waals surface area (Å²) in [6.07, 6.45) is -1.10. The molecule has 0 spiro atoms. The maximum atomic E-state index is 12.9. The van der Waals surface area contributed by atoms with Gasteiger partial charge in [-0.25, -0.2) is 4.90 Å². The Morgan fingerprint density at radius 3 is 2.26 bits per heavy atom. The third-order valence-corrected chi connectivity index (χ3v) is 4.73. The monoisotopic (exact) mass is 405 g/mol. The number of nitro benzene ring substituents is 1. The number of hydrogen-bond acceptors (Lipinski definition) is 6. The van der Waals surface area contributed by atoms with Crippen molar-refractivity contribution in [2.75, 3.05) is 4.90 Å². The molecular formula is C17H9Cl2N3O5. The standard InChI is InChI=1S/C17H9Cl2N3O5/c18-9-5-10(19)7-12(6-9)21-16(23)13-14(20-27-15(13)17(21)24)8-1-3-11(4-2-8)22(25)26/h1-7,13,15H/t13-,15-/m0/s1. The molecule has 0 saturated carbocycles. The van der Waals surface area contributed by atoms with E-state index in [-0.39, 0.29) is 27.1 Å². The van der Waals surface area contributed by atoms with Crippen LogP contribution in [0.15, 0.2) is 47.6 Å². The van der Waals surface area contributed by atoms with Crippen LogP contribution in [0, 0.1) is 16.0 Å². The molecule has 2 aliphatic heterocycles. The van der Waals surface area contributed by atoms with E-state index < -0.39 is 28.8 Å². The van der Waals surface area contributed by atoms with Gasteiger partial charge in [0.05, 0.1) is 10.6 Å². The lowest BCUT2D eigenvalue weighted by Crippen LogP contribution is -2.33. The molecule has 8 nitrogen and oxygen atoms in total. The quantitative estimate of drug-likeness (QED) is 0.443. The van der Waals surface area contributed by atoms with E-state index in [9.17, 15) is 19.7 Å². The normalized spacial score (nSPS) is 21.1. The van der Waals surface area contributed by atoms with Gasteiger partial charge in [0, 0.05) is 27.7 Å². The highest BCUT2D eigenvalue weighted by molar-refractivity contribution is 6.37. The number of carbonyl (C=O) groups is 2. The van der Waals surface area contributed by atoms with Crippen LogP contribution >= 0.6 is 23.2 Å². The maximum Gasteiger partial charge on any atom is 0.278 e. The number of benzene rings is 2. The largest absolute Gasteiger partial charge is 0.381 e. The first-order valence-corrected chi connectivity index (χ1v) is 8.45. The lowest BCUT2D eigenvalue weighted by atomic mass is 9.94. The topological polar surface area (TPSA) is 102 Å². The van der Waals surface area contributed by atoms with Crippen LogP contribution in [-0.4, -0.2) is 28.6 Å². The second-order valence-corrected chi connectivity index (χ2v) is 6.80. The van der Waals surface area contributed by atoms with E-state index in [0.29, 0.717) is 5.56 Å². The third-order valence-electron chi connectivity index (χ3n) is 4.29. The minimum absolute atomic E-state index is 0.0983. The Kier molecular flexibility index (Phi) is 4.09. The van der Waals surface area contributed by atoms with Crippen LogP contribution in [0.2, 0.25) is 10.0 Å². The van der Waals surface area contributed by atoms with Crippen molar-refractivity contribution in [3.05, 3.63) is 68.2 Å². The number of rotatable bonds is 3. The summed E-state index contributed by atoms with van der Waals surface area (Å²) in [6.45, 7) is 0. The number of oxime groups is 1. The number of carbonyl (C=O) groups excluding carboxylic acids is 2. The van der Waals surface area contributed by atoms with Crippen LogP contribution in [0.1, 0.15) is 5.56 Å². The summed E-state index contributed by atoms with van der Waals surface area (Å²) in [5, 5.41) is 15.2. The molecule has 0 aliphatic carbocycles. The SMILES string of the molecule is O=C1[C@H]2C(c3ccc([N+](=O)[O-])cc3)=NO[C@@H]2C(=O)N1c1cc(Cl)cc(Cl)c1. The van der Waals surface area contributed by atoms with Crippen molar-refractivity contribution in [3.8, 4) is 0 Å². The van der Waals surface area contributed by atoms with Gasteiger partial charge in [-0.3, -0.25) is 19.7 Å². The van der Waals surface area contributed by atoms with Crippen LogP contribution in [0.5, 0.6) is 0 Å². The summed E-state index contributed by atoms with van der Waals surface area (Å²) in [4.78, 5) is 42.0. The minimum Gasteiger partial charge on any atom is -0.381 e. The van der Waals surface area contributed by atoms with Gasteiger partial charge in [0.2, 0.25) is 12.0 Å². The highest BCUT2D eigenvalue weighted by atomic mass is 35.5. The molecule has 2 aromatic carbocycles. The molecule has 0 aromatic heterocycles. The molecule has 136 valence electrons. The van der Waals surface area contributed by atoms with Crippen molar-refractivity contribution in [3.63, 3.8) is 0 Å². The van der Waals surface area contributed by atoms with Crippen molar-refractivity contribution in [2.45, 2.75) is 6.10 Å². The van der Waals surface area contributed by atoms with Crippen molar-refractivity contribution >= 4 is 52.1 Å². The molecule has 1 fully saturated rings. The fourth-order valence-corrected chi connectivity index (χ4v) is 3.61. The molecule has 2 atom stereocenters. The number of nitrogens with zero attached hydrogens (tertiary/aromatic N) is 3. The maximum absolute atomic E-state index is 12.9.